The van der Waals surface area contributed by atoms with Gasteiger partial charge >= 0.3 is 0 Å². The first-order chi connectivity index (χ1) is 13.7. The molecule has 1 saturated carbocycles. The van der Waals surface area contributed by atoms with E-state index in [2.05, 4.69) is 20.9 Å². The molecule has 0 atom stereocenters. The van der Waals surface area contributed by atoms with E-state index in [0.717, 1.165) is 30.0 Å². The molecule has 0 radical (unpaired) electrons. The second kappa shape index (κ2) is 8.21. The van der Waals surface area contributed by atoms with E-state index < -0.39 is 14.9 Å². The third kappa shape index (κ3) is 5.33. The topological polar surface area (TPSA) is 125 Å². The Hall–Kier alpha value is -2.92. The standard InChI is InChI=1S/C18H21N5O4S2/c1-11-3-7-15(12(2)9-11)22-29(26,27)17-10-14(23(24)25)6-8-16(17)20-21-18(28)19-13-4-5-13/h3,6-10,13,20,22H,4-5H2,1-2H3,(H2,19,21,28). The largest absolute Gasteiger partial charge is 0.359 e. The van der Waals surface area contributed by atoms with Gasteiger partial charge in [-0.3, -0.25) is 25.7 Å². The number of nitrogens with one attached hydrogen (secondary N) is 4. The molecule has 29 heavy (non-hydrogen) atoms. The van der Waals surface area contributed by atoms with Gasteiger partial charge in [-0.1, -0.05) is 17.7 Å². The van der Waals surface area contributed by atoms with Gasteiger partial charge in [0.05, 0.1) is 16.3 Å². The number of hydrazine groups is 1. The monoisotopic (exact) mass is 435 g/mol. The fourth-order valence-corrected chi connectivity index (χ4v) is 4.18. The molecule has 154 valence electrons. The van der Waals surface area contributed by atoms with Crippen molar-refractivity contribution in [2.24, 2.45) is 0 Å². The van der Waals surface area contributed by atoms with Crippen LogP contribution in [0, 0.1) is 24.0 Å². The molecule has 0 heterocycles. The minimum absolute atomic E-state index is 0.132. The van der Waals surface area contributed by atoms with E-state index in [1.165, 1.54) is 12.1 Å². The maximum absolute atomic E-state index is 13.0. The maximum Gasteiger partial charge on any atom is 0.270 e. The fourth-order valence-electron chi connectivity index (χ4n) is 2.65. The van der Waals surface area contributed by atoms with Crippen LogP contribution in [0.3, 0.4) is 0 Å². The molecule has 0 amide bonds. The Bertz CT molecular complexity index is 1070. The van der Waals surface area contributed by atoms with Crippen molar-refractivity contribution in [2.45, 2.75) is 37.6 Å². The number of benzene rings is 2. The Kier molecular flexibility index (Phi) is 5.89. The molecule has 0 unspecified atom stereocenters. The molecule has 4 N–H and O–H groups in total. The van der Waals surface area contributed by atoms with Gasteiger partial charge in [-0.15, -0.1) is 0 Å². The lowest BCUT2D eigenvalue weighted by Gasteiger charge is -2.17. The first kappa shape index (κ1) is 20.8. The smallest absolute Gasteiger partial charge is 0.270 e. The number of hydrogen-bond acceptors (Lipinski definition) is 6. The van der Waals surface area contributed by atoms with Crippen molar-refractivity contribution in [3.05, 3.63) is 57.6 Å². The number of aryl methyl sites for hydroxylation is 2. The average Bonchev–Trinajstić information content (AvgIpc) is 3.46. The highest BCUT2D eigenvalue weighted by Crippen LogP contribution is 2.29. The Balaban J connectivity index is 1.89. The summed E-state index contributed by atoms with van der Waals surface area (Å²) < 4.78 is 28.5. The number of nitro benzene ring substituents is 1. The molecular weight excluding hydrogens is 414 g/mol. The van der Waals surface area contributed by atoms with Gasteiger partial charge in [0.1, 0.15) is 4.90 Å². The summed E-state index contributed by atoms with van der Waals surface area (Å²) >= 11 is 5.15. The molecule has 11 heteroatoms. The Morgan fingerprint density at radius 1 is 1.14 bits per heavy atom. The molecule has 0 aromatic heterocycles. The summed E-state index contributed by atoms with van der Waals surface area (Å²) in [5.74, 6) is 0. The number of anilines is 2. The number of non-ortho nitro benzene ring substituents is 1. The van der Waals surface area contributed by atoms with E-state index in [-0.39, 0.29) is 16.3 Å². The average molecular weight is 436 g/mol. The third-order valence-electron chi connectivity index (χ3n) is 4.32. The zero-order chi connectivity index (χ0) is 21.2. The van der Waals surface area contributed by atoms with E-state index in [1.807, 2.05) is 13.0 Å². The van der Waals surface area contributed by atoms with E-state index in [4.69, 9.17) is 12.2 Å². The maximum atomic E-state index is 13.0. The summed E-state index contributed by atoms with van der Waals surface area (Å²) in [5, 5.41) is 14.5. The lowest BCUT2D eigenvalue weighted by atomic mass is 10.1. The lowest BCUT2D eigenvalue weighted by molar-refractivity contribution is -0.385. The van der Waals surface area contributed by atoms with Crippen LogP contribution in [0.1, 0.15) is 24.0 Å². The van der Waals surface area contributed by atoms with Crippen LogP contribution in [-0.4, -0.2) is 24.5 Å². The van der Waals surface area contributed by atoms with Crippen molar-refractivity contribution < 1.29 is 13.3 Å². The molecule has 1 aliphatic carbocycles. The predicted octanol–water partition coefficient (Wildman–Crippen LogP) is 2.97. The van der Waals surface area contributed by atoms with Crippen molar-refractivity contribution in [1.29, 1.82) is 0 Å². The van der Waals surface area contributed by atoms with Crippen molar-refractivity contribution in [3.8, 4) is 0 Å². The van der Waals surface area contributed by atoms with Crippen molar-refractivity contribution in [1.82, 2.24) is 10.7 Å². The molecule has 0 aliphatic heterocycles. The molecule has 2 aromatic carbocycles. The van der Waals surface area contributed by atoms with Crippen LogP contribution >= 0.6 is 12.2 Å². The van der Waals surface area contributed by atoms with Gasteiger partial charge in [0, 0.05) is 18.2 Å². The first-order valence-electron chi connectivity index (χ1n) is 8.87. The number of rotatable bonds is 7. The van der Waals surface area contributed by atoms with Crippen LogP contribution in [0.5, 0.6) is 0 Å². The van der Waals surface area contributed by atoms with Gasteiger partial charge in [0.2, 0.25) is 0 Å². The highest BCUT2D eigenvalue weighted by molar-refractivity contribution is 7.93. The molecule has 3 rings (SSSR count). The van der Waals surface area contributed by atoms with Crippen LogP contribution in [0.25, 0.3) is 0 Å². The van der Waals surface area contributed by atoms with Gasteiger partial charge in [-0.2, -0.15) is 0 Å². The first-order valence-corrected chi connectivity index (χ1v) is 10.8. The highest BCUT2D eigenvalue weighted by Gasteiger charge is 2.24. The molecule has 9 nitrogen and oxygen atoms in total. The summed E-state index contributed by atoms with van der Waals surface area (Å²) in [6, 6.07) is 9.14. The zero-order valence-corrected chi connectivity index (χ0v) is 17.5. The summed E-state index contributed by atoms with van der Waals surface area (Å²) in [6.07, 6.45) is 2.05. The molecule has 2 aromatic rings. The van der Waals surface area contributed by atoms with Crippen LogP contribution in [0.15, 0.2) is 41.3 Å². The van der Waals surface area contributed by atoms with Crippen LogP contribution < -0.4 is 20.9 Å². The molecule has 0 saturated heterocycles. The summed E-state index contributed by atoms with van der Waals surface area (Å²) in [6.45, 7) is 3.68. The highest BCUT2D eigenvalue weighted by atomic mass is 32.2. The number of thiocarbonyl (C=S) groups is 1. The summed E-state index contributed by atoms with van der Waals surface area (Å²) in [5.41, 5.74) is 7.37. The second-order valence-corrected chi connectivity index (χ2v) is 8.92. The minimum Gasteiger partial charge on any atom is -0.359 e. The van der Waals surface area contributed by atoms with Gasteiger partial charge in [-0.25, -0.2) is 8.42 Å². The van der Waals surface area contributed by atoms with Crippen molar-refractivity contribution in [3.63, 3.8) is 0 Å². The van der Waals surface area contributed by atoms with Gasteiger partial charge in [-0.05, 0) is 56.6 Å². The normalized spacial score (nSPS) is 13.4. The third-order valence-corrected chi connectivity index (χ3v) is 5.94. The molecular formula is C18H21N5O4S2. The summed E-state index contributed by atoms with van der Waals surface area (Å²) in [4.78, 5) is 10.2. The van der Waals surface area contributed by atoms with Crippen molar-refractivity contribution in [2.75, 3.05) is 10.1 Å². The van der Waals surface area contributed by atoms with Gasteiger partial charge in [0.25, 0.3) is 15.7 Å². The van der Waals surface area contributed by atoms with Gasteiger partial charge in [0.15, 0.2) is 5.11 Å². The quantitative estimate of drug-likeness (QED) is 0.297. The lowest BCUT2D eigenvalue weighted by Crippen LogP contribution is -2.40. The van der Waals surface area contributed by atoms with Crippen LogP contribution in [-0.2, 0) is 10.0 Å². The van der Waals surface area contributed by atoms with Crippen molar-refractivity contribution >= 4 is 44.4 Å². The number of sulfonamides is 1. The molecule has 1 aliphatic rings. The Morgan fingerprint density at radius 3 is 2.45 bits per heavy atom. The van der Waals surface area contributed by atoms with Gasteiger partial charge < -0.3 is 5.32 Å². The Labute approximate surface area is 174 Å². The molecule has 0 bridgehead atoms. The number of hydrogen-bond donors (Lipinski definition) is 4. The summed E-state index contributed by atoms with van der Waals surface area (Å²) in [7, 11) is -4.11. The van der Waals surface area contributed by atoms with E-state index >= 15 is 0 Å². The molecule has 0 spiro atoms. The zero-order valence-electron chi connectivity index (χ0n) is 15.9. The number of nitro groups is 1. The fraction of sp³-hybridized carbons (Fsp3) is 0.278. The van der Waals surface area contributed by atoms with Crippen LogP contribution in [0.4, 0.5) is 17.1 Å². The van der Waals surface area contributed by atoms with E-state index in [0.29, 0.717) is 16.8 Å². The van der Waals surface area contributed by atoms with E-state index in [1.54, 1.807) is 19.1 Å². The van der Waals surface area contributed by atoms with Crippen LogP contribution in [0.2, 0.25) is 0 Å². The molecule has 1 fully saturated rings. The Morgan fingerprint density at radius 2 is 1.83 bits per heavy atom. The SMILES string of the molecule is Cc1ccc(NS(=O)(=O)c2cc([N+](=O)[O-])ccc2NNC(=S)NC2CC2)c(C)c1. The predicted molar refractivity (Wildman–Crippen MR) is 115 cm³/mol. The minimum atomic E-state index is -4.11. The number of nitrogens with zero attached hydrogens (tertiary/aromatic N) is 1. The van der Waals surface area contributed by atoms with E-state index in [9.17, 15) is 18.5 Å². The second-order valence-electron chi connectivity index (χ2n) is 6.86.